The van der Waals surface area contributed by atoms with Crippen molar-refractivity contribution >= 4 is 38.2 Å². The molecule has 1 atom stereocenters. The van der Waals surface area contributed by atoms with Gasteiger partial charge in [0.15, 0.2) is 0 Å². The fraction of sp³-hybridized carbons (Fsp3) is 0.212. The summed E-state index contributed by atoms with van der Waals surface area (Å²) in [5.74, 6) is -2.12. The topological polar surface area (TPSA) is 118 Å². The van der Waals surface area contributed by atoms with Crippen LogP contribution >= 0.6 is 11.3 Å². The van der Waals surface area contributed by atoms with E-state index in [9.17, 15) is 14.3 Å². The minimum Gasteiger partial charge on any atom is -0.490 e. The number of H-pyrrole nitrogens is 1. The van der Waals surface area contributed by atoms with E-state index in [1.54, 1.807) is 17.7 Å². The van der Waals surface area contributed by atoms with E-state index in [4.69, 9.17) is 9.72 Å². The van der Waals surface area contributed by atoms with E-state index in [-0.39, 0.29) is 23.8 Å². The second-order valence-electron chi connectivity index (χ2n) is 11.4. The van der Waals surface area contributed by atoms with E-state index < -0.39 is 23.3 Å². The summed E-state index contributed by atoms with van der Waals surface area (Å²) in [4.78, 5) is 17.1. The van der Waals surface area contributed by atoms with Crippen molar-refractivity contribution in [2.75, 3.05) is 6.61 Å². The highest BCUT2D eigenvalue weighted by Gasteiger charge is 2.28. The Hall–Kier alpha value is -4.94. The van der Waals surface area contributed by atoms with Gasteiger partial charge in [-0.2, -0.15) is 10.2 Å². The molecular weight excluding hydrogens is 598 g/mol. The lowest BCUT2D eigenvalue weighted by Crippen LogP contribution is -2.28. The summed E-state index contributed by atoms with van der Waals surface area (Å²) in [6.45, 7) is 8.15. The highest BCUT2D eigenvalue weighted by atomic mass is 32.1. The van der Waals surface area contributed by atoms with Crippen LogP contribution in [-0.2, 0) is 11.8 Å². The lowest BCUT2D eigenvalue weighted by molar-refractivity contribution is -0.117. The molecule has 4 aromatic heterocycles. The lowest BCUT2D eigenvalue weighted by Gasteiger charge is -2.21. The molecule has 0 fully saturated rings. The number of benzene rings is 2. The highest BCUT2D eigenvalue weighted by molar-refractivity contribution is 7.18. The minimum absolute atomic E-state index is 0.0116. The Morgan fingerprint density at radius 1 is 1.20 bits per heavy atom. The third-order valence-electron chi connectivity index (χ3n) is 7.20. The summed E-state index contributed by atoms with van der Waals surface area (Å²) in [5.41, 5.74) is 2.62. The van der Waals surface area contributed by atoms with Crippen molar-refractivity contribution in [3.05, 3.63) is 84.0 Å². The van der Waals surface area contributed by atoms with Gasteiger partial charge in [-0.1, -0.05) is 12.6 Å². The van der Waals surface area contributed by atoms with Crippen molar-refractivity contribution in [1.29, 1.82) is 0 Å². The van der Waals surface area contributed by atoms with Crippen LogP contribution in [0.1, 0.15) is 32.5 Å². The molecule has 0 saturated carbocycles. The molecule has 0 spiro atoms. The van der Waals surface area contributed by atoms with Crippen LogP contribution < -0.4 is 10.1 Å². The predicted molar refractivity (Wildman–Crippen MR) is 171 cm³/mol. The van der Waals surface area contributed by atoms with Crippen LogP contribution in [0.15, 0.2) is 66.7 Å². The third-order valence-corrected chi connectivity index (χ3v) is 8.13. The van der Waals surface area contributed by atoms with E-state index in [0.29, 0.717) is 33.0 Å². The summed E-state index contributed by atoms with van der Waals surface area (Å²) in [7, 11) is 1.85. The molecule has 0 aliphatic heterocycles. The van der Waals surface area contributed by atoms with Gasteiger partial charge < -0.3 is 15.2 Å². The zero-order chi connectivity index (χ0) is 32.0. The number of fused-ring (bicyclic) bond motifs is 2. The van der Waals surface area contributed by atoms with E-state index in [1.807, 2.05) is 42.9 Å². The number of carbonyl (C=O) groups excluding carboxylic acids is 1. The molecule has 0 saturated heterocycles. The largest absolute Gasteiger partial charge is 0.490 e. The smallest absolute Gasteiger partial charge is 0.243 e. The quantitative estimate of drug-likeness (QED) is 0.154. The van der Waals surface area contributed by atoms with Crippen molar-refractivity contribution < 1.29 is 23.4 Å². The number of nitrogens with zero attached hydrogens (tertiary/aromatic N) is 4. The van der Waals surface area contributed by atoms with Crippen molar-refractivity contribution in [3.63, 3.8) is 0 Å². The Morgan fingerprint density at radius 2 is 2.00 bits per heavy atom. The molecule has 2 aromatic carbocycles. The number of carbonyl (C=O) groups is 1. The molecule has 12 heteroatoms. The molecular formula is C33H30F2N6O3S. The van der Waals surface area contributed by atoms with Crippen LogP contribution in [-0.4, -0.2) is 48.2 Å². The fourth-order valence-corrected chi connectivity index (χ4v) is 6.10. The Kier molecular flexibility index (Phi) is 7.71. The summed E-state index contributed by atoms with van der Waals surface area (Å²) in [6.07, 6.45) is 3.09. The first kappa shape index (κ1) is 30.1. The number of nitrogens with one attached hydrogen (secondary N) is 2. The molecule has 4 heterocycles. The maximum absolute atomic E-state index is 16.0. The summed E-state index contributed by atoms with van der Waals surface area (Å²) >= 11 is 1.38. The molecule has 0 aliphatic carbocycles. The maximum atomic E-state index is 16.0. The standard InChI is InChI=1S/C33H30F2N6O3S/c1-6-27(42)36-17(2)24-14-25(39-38-24)31-29(28-22(35)12-20(34)13-26(28)44-16-33(3,4)43)32-21(9-10-45-32)30(37-31)18-7-8-23-19(11-18)15-41(5)40-23/h6-15,17,43H,1,16H2,2-5H3,(H,36,42)(H,38,39)/t17-/m1/s1. The van der Waals surface area contributed by atoms with Crippen molar-refractivity contribution in [3.8, 4) is 39.5 Å². The first-order chi connectivity index (χ1) is 21.4. The van der Waals surface area contributed by atoms with Gasteiger partial charge >= 0.3 is 0 Å². The normalized spacial score (nSPS) is 12.5. The van der Waals surface area contributed by atoms with Crippen LogP contribution in [0.5, 0.6) is 5.75 Å². The molecule has 6 aromatic rings. The molecule has 3 N–H and O–H groups in total. The summed E-state index contributed by atoms with van der Waals surface area (Å²) < 4.78 is 38.8. The molecule has 230 valence electrons. The van der Waals surface area contributed by atoms with Gasteiger partial charge in [0, 0.05) is 52.0 Å². The SMILES string of the molecule is C=CC(=O)N[C@H](C)c1cc(-c2nc(-c3ccc4nn(C)cc4c3)c3ccsc3c2-c2c(F)cc(F)cc2OCC(C)(C)O)n[nH]1. The average molecular weight is 629 g/mol. The van der Waals surface area contributed by atoms with Crippen LogP contribution in [0.25, 0.3) is 54.8 Å². The van der Waals surface area contributed by atoms with Gasteiger partial charge in [0.05, 0.1) is 34.1 Å². The van der Waals surface area contributed by atoms with Crippen molar-refractivity contribution in [1.82, 2.24) is 30.3 Å². The van der Waals surface area contributed by atoms with Gasteiger partial charge in [0.1, 0.15) is 35.4 Å². The number of thiophene rings is 1. The number of amides is 1. The van der Waals surface area contributed by atoms with E-state index >= 15 is 4.39 Å². The number of ether oxygens (including phenoxy) is 1. The molecule has 0 aliphatic rings. The Labute approximate surface area is 261 Å². The molecule has 6 rings (SSSR count). The molecule has 0 unspecified atom stereocenters. The van der Waals surface area contributed by atoms with Crippen LogP contribution in [0, 0.1) is 11.6 Å². The average Bonchev–Trinajstić information content (AvgIpc) is 3.74. The second kappa shape index (κ2) is 11.5. The van der Waals surface area contributed by atoms with Crippen LogP contribution in [0.3, 0.4) is 0 Å². The first-order valence-corrected chi connectivity index (χ1v) is 15.0. The van der Waals surface area contributed by atoms with Gasteiger partial charge in [0.25, 0.3) is 0 Å². The molecule has 1 amide bonds. The number of rotatable bonds is 9. The number of aromatic amines is 1. The number of hydrogen-bond acceptors (Lipinski definition) is 7. The monoisotopic (exact) mass is 628 g/mol. The zero-order valence-corrected chi connectivity index (χ0v) is 25.8. The van der Waals surface area contributed by atoms with Gasteiger partial charge in [-0.25, -0.2) is 13.8 Å². The summed E-state index contributed by atoms with van der Waals surface area (Å²) in [5, 5.41) is 28.6. The molecule has 9 nitrogen and oxygen atoms in total. The number of hydrogen-bond donors (Lipinski definition) is 3. The second-order valence-corrected chi connectivity index (χ2v) is 12.3. The molecule has 45 heavy (non-hydrogen) atoms. The van der Waals surface area contributed by atoms with Crippen LogP contribution in [0.2, 0.25) is 0 Å². The van der Waals surface area contributed by atoms with E-state index in [2.05, 4.69) is 27.2 Å². The fourth-order valence-electron chi connectivity index (χ4n) is 5.15. The van der Waals surface area contributed by atoms with Crippen LogP contribution in [0.4, 0.5) is 8.78 Å². The predicted octanol–water partition coefficient (Wildman–Crippen LogP) is 6.70. The maximum Gasteiger partial charge on any atom is 0.243 e. The molecule has 0 radical (unpaired) electrons. The lowest BCUT2D eigenvalue weighted by atomic mass is 9.96. The van der Waals surface area contributed by atoms with E-state index in [0.717, 1.165) is 34.0 Å². The number of aryl methyl sites for hydroxylation is 1. The summed E-state index contributed by atoms with van der Waals surface area (Å²) in [6, 6.07) is 10.9. The third kappa shape index (κ3) is 5.94. The minimum atomic E-state index is -1.27. The van der Waals surface area contributed by atoms with Gasteiger partial charge in [-0.15, -0.1) is 11.3 Å². The number of halogens is 2. The zero-order valence-electron chi connectivity index (χ0n) is 25.0. The first-order valence-electron chi connectivity index (χ1n) is 14.1. The number of pyridine rings is 1. The van der Waals surface area contributed by atoms with Gasteiger partial charge in [0.2, 0.25) is 5.91 Å². The Balaban J connectivity index is 1.62. The Bertz CT molecular complexity index is 2090. The van der Waals surface area contributed by atoms with Gasteiger partial charge in [-0.3, -0.25) is 14.6 Å². The van der Waals surface area contributed by atoms with E-state index in [1.165, 1.54) is 31.3 Å². The van der Waals surface area contributed by atoms with Crippen molar-refractivity contribution in [2.45, 2.75) is 32.4 Å². The van der Waals surface area contributed by atoms with Gasteiger partial charge in [-0.05, 0) is 56.5 Å². The molecule has 0 bridgehead atoms. The number of aliphatic hydroxyl groups is 1. The highest BCUT2D eigenvalue weighted by Crippen LogP contribution is 2.47. The Morgan fingerprint density at radius 3 is 2.76 bits per heavy atom. The number of aromatic nitrogens is 5. The van der Waals surface area contributed by atoms with Crippen molar-refractivity contribution in [2.24, 2.45) is 7.05 Å².